The number of nitriles is 1. The lowest BCUT2D eigenvalue weighted by atomic mass is 10.2. The second kappa shape index (κ2) is 5.51. The van der Waals surface area contributed by atoms with Crippen LogP contribution >= 0.6 is 0 Å². The minimum atomic E-state index is -0.360. The van der Waals surface area contributed by atoms with Crippen LogP contribution in [0.4, 0.5) is 0 Å². The molecule has 1 saturated heterocycles. The number of ether oxygens (including phenoxy) is 1. The van der Waals surface area contributed by atoms with Crippen molar-refractivity contribution < 1.29 is 13.9 Å². The SMILES string of the molecule is COC[C@@H]1C[C@@H](NC(=O)c2ncco2)CN1C#N. The van der Waals surface area contributed by atoms with E-state index in [0.29, 0.717) is 19.6 Å². The highest BCUT2D eigenvalue weighted by Gasteiger charge is 2.33. The second-order valence-corrected chi connectivity index (χ2v) is 4.10. The number of hydrogen-bond acceptors (Lipinski definition) is 6. The van der Waals surface area contributed by atoms with Crippen molar-refractivity contribution in [2.24, 2.45) is 0 Å². The Balaban J connectivity index is 1.92. The van der Waals surface area contributed by atoms with E-state index in [0.717, 1.165) is 0 Å². The van der Waals surface area contributed by atoms with Crippen LogP contribution in [-0.2, 0) is 4.74 Å². The number of amides is 1. The Morgan fingerprint density at radius 2 is 2.67 bits per heavy atom. The molecule has 0 spiro atoms. The summed E-state index contributed by atoms with van der Waals surface area (Å²) in [6.45, 7) is 0.954. The first-order valence-electron chi connectivity index (χ1n) is 5.60. The van der Waals surface area contributed by atoms with Crippen molar-refractivity contribution in [2.45, 2.75) is 18.5 Å². The molecule has 18 heavy (non-hydrogen) atoms. The van der Waals surface area contributed by atoms with Gasteiger partial charge in [0.05, 0.1) is 18.8 Å². The molecular weight excluding hydrogens is 236 g/mol. The van der Waals surface area contributed by atoms with Gasteiger partial charge in [-0.05, 0) is 6.42 Å². The first kappa shape index (κ1) is 12.4. The Morgan fingerprint density at radius 1 is 1.83 bits per heavy atom. The Kier molecular flexibility index (Phi) is 3.79. The summed E-state index contributed by atoms with van der Waals surface area (Å²) in [6.07, 6.45) is 5.54. The number of hydrogen-bond donors (Lipinski definition) is 1. The van der Waals surface area contributed by atoms with Crippen LogP contribution < -0.4 is 5.32 Å². The van der Waals surface area contributed by atoms with Gasteiger partial charge in [0, 0.05) is 19.7 Å². The highest BCUT2D eigenvalue weighted by Crippen LogP contribution is 2.17. The molecular formula is C11H14N4O3. The van der Waals surface area contributed by atoms with Gasteiger partial charge in [0.15, 0.2) is 6.19 Å². The van der Waals surface area contributed by atoms with Gasteiger partial charge in [0.2, 0.25) is 0 Å². The summed E-state index contributed by atoms with van der Waals surface area (Å²) >= 11 is 0. The molecule has 1 aromatic rings. The van der Waals surface area contributed by atoms with Crippen molar-refractivity contribution in [3.63, 3.8) is 0 Å². The number of aromatic nitrogens is 1. The molecule has 0 aromatic carbocycles. The topological polar surface area (TPSA) is 91.4 Å². The molecule has 1 N–H and O–H groups in total. The number of likely N-dealkylation sites (tertiary alicyclic amines) is 1. The van der Waals surface area contributed by atoms with Gasteiger partial charge in [-0.2, -0.15) is 5.26 Å². The fraction of sp³-hybridized carbons (Fsp3) is 0.545. The third-order valence-electron chi connectivity index (χ3n) is 2.86. The van der Waals surface area contributed by atoms with Gasteiger partial charge in [-0.25, -0.2) is 4.98 Å². The van der Waals surface area contributed by atoms with Crippen LogP contribution in [0, 0.1) is 11.5 Å². The largest absolute Gasteiger partial charge is 0.441 e. The maximum absolute atomic E-state index is 11.7. The molecule has 1 aliphatic rings. The normalized spacial score (nSPS) is 22.8. The van der Waals surface area contributed by atoms with E-state index in [2.05, 4.69) is 16.5 Å². The Bertz CT molecular complexity index is 440. The van der Waals surface area contributed by atoms with Gasteiger partial charge >= 0.3 is 5.91 Å². The quantitative estimate of drug-likeness (QED) is 0.755. The fourth-order valence-corrected chi connectivity index (χ4v) is 2.08. The number of rotatable bonds is 4. The average molecular weight is 250 g/mol. The molecule has 0 bridgehead atoms. The van der Waals surface area contributed by atoms with Gasteiger partial charge in [0.1, 0.15) is 6.26 Å². The Hall–Kier alpha value is -2.07. The predicted molar refractivity (Wildman–Crippen MR) is 60.4 cm³/mol. The fourth-order valence-electron chi connectivity index (χ4n) is 2.08. The maximum Gasteiger partial charge on any atom is 0.307 e. The lowest BCUT2D eigenvalue weighted by molar-refractivity contribution is 0.0903. The summed E-state index contributed by atoms with van der Waals surface area (Å²) in [4.78, 5) is 17.1. The molecule has 7 nitrogen and oxygen atoms in total. The van der Waals surface area contributed by atoms with Crippen molar-refractivity contribution in [1.29, 1.82) is 5.26 Å². The van der Waals surface area contributed by atoms with Crippen molar-refractivity contribution in [3.8, 4) is 6.19 Å². The van der Waals surface area contributed by atoms with E-state index >= 15 is 0 Å². The first-order chi connectivity index (χ1) is 8.74. The van der Waals surface area contributed by atoms with E-state index in [1.165, 1.54) is 12.5 Å². The monoisotopic (exact) mass is 250 g/mol. The van der Waals surface area contributed by atoms with Crippen molar-refractivity contribution in [2.75, 3.05) is 20.3 Å². The molecule has 1 aromatic heterocycles. The molecule has 1 amide bonds. The minimum absolute atomic E-state index is 0.00913. The van der Waals surface area contributed by atoms with E-state index in [1.54, 1.807) is 12.0 Å². The highest BCUT2D eigenvalue weighted by atomic mass is 16.5. The zero-order valence-electron chi connectivity index (χ0n) is 10.00. The summed E-state index contributed by atoms with van der Waals surface area (Å²) in [5, 5.41) is 11.8. The molecule has 7 heteroatoms. The molecule has 1 fully saturated rings. The molecule has 0 unspecified atom stereocenters. The summed E-state index contributed by atoms with van der Waals surface area (Å²) < 4.78 is 9.95. The van der Waals surface area contributed by atoms with E-state index in [9.17, 15) is 4.79 Å². The number of nitrogens with zero attached hydrogens (tertiary/aromatic N) is 3. The lowest BCUT2D eigenvalue weighted by Gasteiger charge is -2.15. The molecule has 0 aliphatic carbocycles. The van der Waals surface area contributed by atoms with E-state index in [-0.39, 0.29) is 23.9 Å². The molecule has 2 rings (SSSR count). The summed E-state index contributed by atoms with van der Waals surface area (Å²) in [6, 6.07) is -0.0842. The van der Waals surface area contributed by atoms with E-state index in [4.69, 9.17) is 14.4 Å². The van der Waals surface area contributed by atoms with Crippen LogP contribution in [0.5, 0.6) is 0 Å². The molecule has 0 saturated carbocycles. The Labute approximate surface area is 104 Å². The van der Waals surface area contributed by atoms with Gasteiger partial charge < -0.3 is 19.4 Å². The number of nitrogens with one attached hydrogen (secondary N) is 1. The molecule has 96 valence electrons. The molecule has 0 radical (unpaired) electrons. The third-order valence-corrected chi connectivity index (χ3v) is 2.86. The smallest absolute Gasteiger partial charge is 0.307 e. The lowest BCUT2D eigenvalue weighted by Crippen LogP contribution is -2.36. The van der Waals surface area contributed by atoms with Crippen LogP contribution in [0.3, 0.4) is 0 Å². The van der Waals surface area contributed by atoms with Crippen LogP contribution in [0.25, 0.3) is 0 Å². The van der Waals surface area contributed by atoms with Crippen LogP contribution in [0.2, 0.25) is 0 Å². The zero-order chi connectivity index (χ0) is 13.0. The van der Waals surface area contributed by atoms with Gasteiger partial charge in [-0.15, -0.1) is 0 Å². The van der Waals surface area contributed by atoms with Gasteiger partial charge in [-0.3, -0.25) is 4.79 Å². The van der Waals surface area contributed by atoms with Gasteiger partial charge in [-0.1, -0.05) is 0 Å². The van der Waals surface area contributed by atoms with Crippen molar-refractivity contribution in [1.82, 2.24) is 15.2 Å². The molecule has 1 aliphatic heterocycles. The van der Waals surface area contributed by atoms with Crippen molar-refractivity contribution >= 4 is 5.91 Å². The standard InChI is InChI=1S/C11H14N4O3/c1-17-6-9-4-8(5-15(9)7-12)14-10(16)11-13-2-3-18-11/h2-3,8-9H,4-6H2,1H3,(H,14,16)/t8-,9+/m1/s1. The second-order valence-electron chi connectivity index (χ2n) is 4.10. The highest BCUT2D eigenvalue weighted by molar-refractivity contribution is 5.89. The molecule has 2 heterocycles. The van der Waals surface area contributed by atoms with Crippen LogP contribution in [0.1, 0.15) is 17.1 Å². The number of methoxy groups -OCH3 is 1. The van der Waals surface area contributed by atoms with Crippen molar-refractivity contribution in [3.05, 3.63) is 18.4 Å². The summed E-state index contributed by atoms with van der Waals surface area (Å²) in [5.41, 5.74) is 0. The number of carbonyl (C=O) groups is 1. The minimum Gasteiger partial charge on any atom is -0.441 e. The number of carbonyl (C=O) groups excluding carboxylic acids is 1. The zero-order valence-corrected chi connectivity index (χ0v) is 10.00. The van der Waals surface area contributed by atoms with Crippen LogP contribution in [0.15, 0.2) is 16.9 Å². The van der Waals surface area contributed by atoms with E-state index < -0.39 is 0 Å². The molecule has 2 atom stereocenters. The van der Waals surface area contributed by atoms with E-state index in [1.807, 2.05) is 0 Å². The Morgan fingerprint density at radius 3 is 3.28 bits per heavy atom. The average Bonchev–Trinajstić information content (AvgIpc) is 2.98. The number of oxazole rings is 1. The summed E-state index contributed by atoms with van der Waals surface area (Å²) in [7, 11) is 1.59. The summed E-state index contributed by atoms with van der Waals surface area (Å²) in [5.74, 6) is -0.324. The first-order valence-corrected chi connectivity index (χ1v) is 5.60. The maximum atomic E-state index is 11.7. The third kappa shape index (κ3) is 2.60. The predicted octanol–water partition coefficient (Wildman–Crippen LogP) is -0.0252. The van der Waals surface area contributed by atoms with Gasteiger partial charge in [0.25, 0.3) is 5.89 Å². The van der Waals surface area contributed by atoms with Crippen LogP contribution in [-0.4, -0.2) is 48.1 Å².